The molecule has 1 aromatic heterocycles. The van der Waals surface area contributed by atoms with E-state index in [1.165, 1.54) is 5.57 Å². The molecule has 0 saturated heterocycles. The van der Waals surface area contributed by atoms with Gasteiger partial charge in [0.1, 0.15) is 0 Å². The van der Waals surface area contributed by atoms with Gasteiger partial charge in [-0.1, -0.05) is 30.3 Å². The lowest BCUT2D eigenvalue weighted by Gasteiger charge is -2.33. The molecule has 24 heavy (non-hydrogen) atoms. The minimum absolute atomic E-state index is 0. The molecule has 2 heterocycles. The molecule has 1 atom stereocenters. The van der Waals surface area contributed by atoms with E-state index in [1.807, 2.05) is 76.5 Å². The van der Waals surface area contributed by atoms with Gasteiger partial charge in [-0.05, 0) is 24.6 Å². The van der Waals surface area contributed by atoms with Gasteiger partial charge in [0, 0.05) is 17.8 Å². The van der Waals surface area contributed by atoms with Crippen molar-refractivity contribution in [3.8, 4) is 0 Å². The van der Waals surface area contributed by atoms with E-state index in [2.05, 4.69) is 6.92 Å². The summed E-state index contributed by atoms with van der Waals surface area (Å²) in [5.41, 5.74) is 2.07. The van der Waals surface area contributed by atoms with Gasteiger partial charge in [-0.2, -0.15) is 4.57 Å². The SMILES string of the molecule is CC1=CCOCC1N(C(=O)C[n+]1ccccc1)c1ccccc1.[Cl-]. The molecule has 1 aliphatic heterocycles. The van der Waals surface area contributed by atoms with Crippen molar-refractivity contribution < 1.29 is 26.5 Å². The molecule has 0 spiro atoms. The van der Waals surface area contributed by atoms with Gasteiger partial charge in [-0.3, -0.25) is 9.69 Å². The molecule has 3 rings (SSSR count). The molecule has 1 amide bonds. The lowest BCUT2D eigenvalue weighted by Crippen LogP contribution is -3.00. The van der Waals surface area contributed by atoms with Gasteiger partial charge >= 0.3 is 0 Å². The Morgan fingerprint density at radius 2 is 1.83 bits per heavy atom. The first-order chi connectivity index (χ1) is 11.3. The summed E-state index contributed by atoms with van der Waals surface area (Å²) in [6.45, 7) is 3.51. The number of halogens is 1. The maximum absolute atomic E-state index is 13.0. The summed E-state index contributed by atoms with van der Waals surface area (Å²) in [7, 11) is 0. The van der Waals surface area contributed by atoms with Crippen molar-refractivity contribution in [3.05, 3.63) is 72.6 Å². The van der Waals surface area contributed by atoms with Crippen molar-refractivity contribution in [2.45, 2.75) is 19.5 Å². The predicted molar refractivity (Wildman–Crippen MR) is 88.9 cm³/mol. The Balaban J connectivity index is 0.00000208. The molecule has 2 aromatic rings. The van der Waals surface area contributed by atoms with E-state index in [0.717, 1.165) is 5.69 Å². The van der Waals surface area contributed by atoms with Crippen LogP contribution in [0.2, 0.25) is 0 Å². The molecule has 0 aliphatic carbocycles. The van der Waals surface area contributed by atoms with Gasteiger partial charge < -0.3 is 17.1 Å². The van der Waals surface area contributed by atoms with Crippen LogP contribution in [0.15, 0.2) is 72.6 Å². The second-order valence-corrected chi connectivity index (χ2v) is 5.65. The Morgan fingerprint density at radius 1 is 1.17 bits per heavy atom. The number of carbonyl (C=O) groups excluding carboxylic acids is 1. The monoisotopic (exact) mass is 344 g/mol. The second-order valence-electron chi connectivity index (χ2n) is 5.65. The number of nitrogens with zero attached hydrogens (tertiary/aromatic N) is 2. The summed E-state index contributed by atoms with van der Waals surface area (Å²) in [6, 6.07) is 15.5. The van der Waals surface area contributed by atoms with Gasteiger partial charge in [0.15, 0.2) is 12.4 Å². The Bertz CT molecular complexity index is 689. The highest BCUT2D eigenvalue weighted by Crippen LogP contribution is 2.23. The van der Waals surface area contributed by atoms with Crippen molar-refractivity contribution in [2.24, 2.45) is 0 Å². The maximum atomic E-state index is 13.0. The molecule has 0 N–H and O–H groups in total. The molecule has 1 aliphatic rings. The van der Waals surface area contributed by atoms with Crippen LogP contribution in [-0.4, -0.2) is 25.2 Å². The summed E-state index contributed by atoms with van der Waals surface area (Å²) in [6.07, 6.45) is 5.86. The average Bonchev–Trinajstić information content (AvgIpc) is 2.59. The smallest absolute Gasteiger partial charge is 0.293 e. The first-order valence-corrected chi connectivity index (χ1v) is 7.81. The van der Waals surface area contributed by atoms with Crippen LogP contribution in [0.3, 0.4) is 0 Å². The number of benzene rings is 1. The molecule has 126 valence electrons. The Hall–Kier alpha value is -2.17. The number of hydrogen-bond acceptors (Lipinski definition) is 2. The van der Waals surface area contributed by atoms with Crippen LogP contribution >= 0.6 is 0 Å². The van der Waals surface area contributed by atoms with Crippen LogP contribution in [-0.2, 0) is 16.1 Å². The van der Waals surface area contributed by atoms with E-state index in [-0.39, 0.29) is 24.4 Å². The van der Waals surface area contributed by atoms with Crippen LogP contribution in [0.4, 0.5) is 5.69 Å². The molecular formula is C19H21ClN2O2. The fraction of sp³-hybridized carbons (Fsp3) is 0.263. The topological polar surface area (TPSA) is 33.4 Å². The summed E-state index contributed by atoms with van der Waals surface area (Å²) >= 11 is 0. The third kappa shape index (κ3) is 4.22. The number of hydrogen-bond donors (Lipinski definition) is 0. The minimum Gasteiger partial charge on any atom is -1.00 e. The zero-order valence-electron chi connectivity index (χ0n) is 13.6. The van der Waals surface area contributed by atoms with E-state index in [4.69, 9.17) is 4.74 Å². The van der Waals surface area contributed by atoms with E-state index < -0.39 is 0 Å². The van der Waals surface area contributed by atoms with Crippen LogP contribution < -0.4 is 21.9 Å². The first kappa shape index (κ1) is 18.2. The number of amides is 1. The number of ether oxygens (including phenoxy) is 1. The van der Waals surface area contributed by atoms with Gasteiger partial charge in [-0.15, -0.1) is 0 Å². The molecule has 1 aromatic carbocycles. The van der Waals surface area contributed by atoms with Crippen LogP contribution in [0.5, 0.6) is 0 Å². The number of pyridine rings is 1. The summed E-state index contributed by atoms with van der Waals surface area (Å²) in [4.78, 5) is 14.8. The van der Waals surface area contributed by atoms with Crippen molar-refractivity contribution in [1.29, 1.82) is 0 Å². The number of carbonyl (C=O) groups is 1. The summed E-state index contributed by atoms with van der Waals surface area (Å²) in [5, 5.41) is 0. The Morgan fingerprint density at radius 3 is 2.50 bits per heavy atom. The normalized spacial score (nSPS) is 16.7. The fourth-order valence-corrected chi connectivity index (χ4v) is 2.77. The van der Waals surface area contributed by atoms with Crippen LogP contribution in [0.25, 0.3) is 0 Å². The zero-order valence-corrected chi connectivity index (χ0v) is 14.4. The lowest BCUT2D eigenvalue weighted by molar-refractivity contribution is -0.684. The highest BCUT2D eigenvalue weighted by atomic mass is 35.5. The van der Waals surface area contributed by atoms with Crippen molar-refractivity contribution >= 4 is 11.6 Å². The predicted octanol–water partition coefficient (Wildman–Crippen LogP) is -0.644. The molecule has 0 bridgehead atoms. The summed E-state index contributed by atoms with van der Waals surface area (Å²) in [5.74, 6) is 0.0515. The maximum Gasteiger partial charge on any atom is 0.293 e. The second kappa shape index (κ2) is 8.62. The first-order valence-electron chi connectivity index (χ1n) is 7.81. The Kier molecular flexibility index (Phi) is 6.53. The van der Waals surface area contributed by atoms with E-state index in [1.54, 1.807) is 0 Å². The molecule has 5 heteroatoms. The molecule has 1 unspecified atom stereocenters. The van der Waals surface area contributed by atoms with Crippen molar-refractivity contribution in [2.75, 3.05) is 18.1 Å². The molecule has 0 radical (unpaired) electrons. The standard InChI is InChI=1S/C19H21N2O2.ClH/c1-16-10-13-23-15-18(16)21(17-8-4-2-5-9-17)19(22)14-20-11-6-3-7-12-20;/h2-12,18H,13-15H2,1H3;1H/q+1;/p-1. The molecule has 0 saturated carbocycles. The quantitative estimate of drug-likeness (QED) is 0.546. The van der Waals surface area contributed by atoms with E-state index in [0.29, 0.717) is 19.8 Å². The fourth-order valence-electron chi connectivity index (χ4n) is 2.77. The average molecular weight is 345 g/mol. The van der Waals surface area contributed by atoms with E-state index in [9.17, 15) is 4.79 Å². The number of aromatic nitrogens is 1. The Labute approximate surface area is 148 Å². The zero-order chi connectivity index (χ0) is 16.1. The third-order valence-electron chi connectivity index (χ3n) is 4.03. The van der Waals surface area contributed by atoms with E-state index >= 15 is 0 Å². The lowest BCUT2D eigenvalue weighted by atomic mass is 10.0. The van der Waals surface area contributed by atoms with Gasteiger partial charge in [0.05, 0.1) is 19.3 Å². The van der Waals surface area contributed by atoms with Crippen LogP contribution in [0.1, 0.15) is 6.92 Å². The molecule has 0 fully saturated rings. The largest absolute Gasteiger partial charge is 1.00 e. The number of para-hydroxylation sites is 1. The number of anilines is 1. The third-order valence-corrected chi connectivity index (χ3v) is 4.03. The van der Waals surface area contributed by atoms with Crippen molar-refractivity contribution in [1.82, 2.24) is 0 Å². The molecular weight excluding hydrogens is 324 g/mol. The summed E-state index contributed by atoms with van der Waals surface area (Å²) < 4.78 is 7.47. The van der Waals surface area contributed by atoms with Gasteiger partial charge in [-0.25, -0.2) is 0 Å². The van der Waals surface area contributed by atoms with Gasteiger partial charge in [0.2, 0.25) is 6.54 Å². The highest BCUT2D eigenvalue weighted by molar-refractivity contribution is 5.93. The minimum atomic E-state index is -0.0528. The van der Waals surface area contributed by atoms with Crippen molar-refractivity contribution in [3.63, 3.8) is 0 Å². The molecule has 4 nitrogen and oxygen atoms in total. The van der Waals surface area contributed by atoms with Crippen LogP contribution in [0, 0.1) is 0 Å². The highest BCUT2D eigenvalue weighted by Gasteiger charge is 2.30. The number of rotatable bonds is 4. The van der Waals surface area contributed by atoms with Gasteiger partial charge in [0.25, 0.3) is 5.91 Å².